The van der Waals surface area contributed by atoms with Gasteiger partial charge in [-0.15, -0.1) is 5.92 Å². The van der Waals surface area contributed by atoms with Gasteiger partial charge in [-0.25, -0.2) is 0 Å². The van der Waals surface area contributed by atoms with Crippen LogP contribution in [0.15, 0.2) is 30.3 Å². The predicted octanol–water partition coefficient (Wildman–Crippen LogP) is 2.27. The summed E-state index contributed by atoms with van der Waals surface area (Å²) in [7, 11) is 0. The van der Waals surface area contributed by atoms with Crippen molar-refractivity contribution < 1.29 is 10.2 Å². The van der Waals surface area contributed by atoms with E-state index < -0.39 is 12.2 Å². The van der Waals surface area contributed by atoms with E-state index in [0.29, 0.717) is 5.56 Å². The van der Waals surface area contributed by atoms with Crippen LogP contribution in [0, 0.1) is 11.8 Å². The second-order valence-corrected chi connectivity index (χ2v) is 3.73. The molecule has 0 aliphatic heterocycles. The highest BCUT2D eigenvalue weighted by Crippen LogP contribution is 2.15. The van der Waals surface area contributed by atoms with Crippen molar-refractivity contribution in [3.05, 3.63) is 35.9 Å². The molecule has 86 valence electrons. The summed E-state index contributed by atoms with van der Waals surface area (Å²) in [5.74, 6) is 5.55. The minimum absolute atomic E-state index is 0.694. The third-order valence-corrected chi connectivity index (χ3v) is 2.35. The summed E-state index contributed by atoms with van der Waals surface area (Å²) in [5, 5.41) is 19.4. The zero-order chi connectivity index (χ0) is 11.8. The van der Waals surface area contributed by atoms with Gasteiger partial charge in [-0.3, -0.25) is 0 Å². The van der Waals surface area contributed by atoms with Gasteiger partial charge in [0.1, 0.15) is 12.2 Å². The van der Waals surface area contributed by atoms with E-state index in [1.165, 1.54) is 0 Å². The first-order chi connectivity index (χ1) is 7.75. The Morgan fingerprint density at radius 1 is 1.19 bits per heavy atom. The summed E-state index contributed by atoms with van der Waals surface area (Å²) >= 11 is 0. The molecule has 1 aromatic rings. The minimum atomic E-state index is -1.00. The van der Waals surface area contributed by atoms with E-state index in [1.54, 1.807) is 12.1 Å². The third kappa shape index (κ3) is 4.06. The number of benzene rings is 1. The molecule has 0 amide bonds. The van der Waals surface area contributed by atoms with Gasteiger partial charge >= 0.3 is 0 Å². The lowest BCUT2D eigenvalue weighted by Gasteiger charge is -2.12. The summed E-state index contributed by atoms with van der Waals surface area (Å²) in [6, 6.07) is 9.09. The summed E-state index contributed by atoms with van der Waals surface area (Å²) < 4.78 is 0. The summed E-state index contributed by atoms with van der Waals surface area (Å²) in [5.41, 5.74) is 0.694. The van der Waals surface area contributed by atoms with Gasteiger partial charge in [0.25, 0.3) is 0 Å². The predicted molar refractivity (Wildman–Crippen MR) is 64.7 cm³/mol. The van der Waals surface area contributed by atoms with Crippen LogP contribution in [0.1, 0.15) is 37.9 Å². The Labute approximate surface area is 96.9 Å². The zero-order valence-corrected chi connectivity index (χ0v) is 9.56. The van der Waals surface area contributed by atoms with E-state index >= 15 is 0 Å². The van der Waals surface area contributed by atoms with Crippen LogP contribution in [0.3, 0.4) is 0 Å². The largest absolute Gasteiger partial charge is 0.385 e. The van der Waals surface area contributed by atoms with Gasteiger partial charge in [0, 0.05) is 6.42 Å². The van der Waals surface area contributed by atoms with Crippen molar-refractivity contribution in [1.29, 1.82) is 0 Å². The second kappa shape index (κ2) is 7.05. The molecule has 0 saturated heterocycles. The number of unbranched alkanes of at least 4 members (excludes halogenated alkanes) is 2. The summed E-state index contributed by atoms with van der Waals surface area (Å²) in [6.07, 6.45) is 0.969. The molecular formula is C14H18O2. The highest BCUT2D eigenvalue weighted by atomic mass is 16.3. The van der Waals surface area contributed by atoms with E-state index in [9.17, 15) is 10.2 Å². The summed E-state index contributed by atoms with van der Waals surface area (Å²) in [4.78, 5) is 0. The fraction of sp³-hybridized carbons (Fsp3) is 0.429. The molecule has 0 fully saturated rings. The van der Waals surface area contributed by atoms with Gasteiger partial charge in [0.15, 0.2) is 0 Å². The quantitative estimate of drug-likeness (QED) is 0.601. The van der Waals surface area contributed by atoms with Crippen molar-refractivity contribution in [1.82, 2.24) is 0 Å². The van der Waals surface area contributed by atoms with Crippen molar-refractivity contribution in [3.63, 3.8) is 0 Å². The molecule has 1 aromatic carbocycles. The Balaban J connectivity index is 2.53. The molecule has 0 aliphatic rings. The molecule has 2 N–H and O–H groups in total. The van der Waals surface area contributed by atoms with Crippen molar-refractivity contribution in [2.24, 2.45) is 0 Å². The number of hydrogen-bond acceptors (Lipinski definition) is 2. The molecule has 16 heavy (non-hydrogen) atoms. The number of aliphatic hydroxyl groups is 2. The highest BCUT2D eigenvalue weighted by Gasteiger charge is 2.14. The number of aliphatic hydroxyl groups excluding tert-OH is 2. The van der Waals surface area contributed by atoms with Crippen molar-refractivity contribution in [3.8, 4) is 11.8 Å². The molecule has 0 spiro atoms. The lowest BCUT2D eigenvalue weighted by molar-refractivity contribution is 0.0539. The second-order valence-electron chi connectivity index (χ2n) is 3.73. The van der Waals surface area contributed by atoms with Gasteiger partial charge < -0.3 is 10.2 Å². The molecule has 2 unspecified atom stereocenters. The molecule has 0 aliphatic carbocycles. The molecule has 0 bridgehead atoms. The molecule has 0 heterocycles. The number of rotatable bonds is 4. The van der Waals surface area contributed by atoms with Crippen LogP contribution in [0.25, 0.3) is 0 Å². The van der Waals surface area contributed by atoms with E-state index in [2.05, 4.69) is 18.8 Å². The van der Waals surface area contributed by atoms with E-state index in [-0.39, 0.29) is 0 Å². The fourth-order valence-corrected chi connectivity index (χ4v) is 1.35. The molecule has 1 rings (SSSR count). The first-order valence-electron chi connectivity index (χ1n) is 5.65. The SMILES string of the molecule is CCCCC#CC(O)C(O)c1ccccc1. The Morgan fingerprint density at radius 3 is 2.50 bits per heavy atom. The topological polar surface area (TPSA) is 40.5 Å². The molecule has 2 nitrogen and oxygen atoms in total. The van der Waals surface area contributed by atoms with Crippen molar-refractivity contribution >= 4 is 0 Å². The molecule has 0 saturated carbocycles. The van der Waals surface area contributed by atoms with Crippen molar-refractivity contribution in [2.45, 2.75) is 38.4 Å². The summed E-state index contributed by atoms with van der Waals surface area (Å²) in [6.45, 7) is 2.09. The lowest BCUT2D eigenvalue weighted by Crippen LogP contribution is -2.15. The van der Waals surface area contributed by atoms with Crippen molar-refractivity contribution in [2.75, 3.05) is 0 Å². The minimum Gasteiger partial charge on any atom is -0.385 e. The van der Waals surface area contributed by atoms with Crippen LogP contribution in [0.5, 0.6) is 0 Å². The molecule has 2 heteroatoms. The molecule has 0 radical (unpaired) electrons. The smallest absolute Gasteiger partial charge is 0.144 e. The van der Waals surface area contributed by atoms with Gasteiger partial charge in [0.05, 0.1) is 0 Å². The fourth-order valence-electron chi connectivity index (χ4n) is 1.35. The average molecular weight is 218 g/mol. The van der Waals surface area contributed by atoms with Gasteiger partial charge in [-0.1, -0.05) is 49.6 Å². The van der Waals surface area contributed by atoms with E-state index in [1.807, 2.05) is 18.2 Å². The molecular weight excluding hydrogens is 200 g/mol. The standard InChI is InChI=1S/C14H18O2/c1-2-3-4-8-11-13(15)14(16)12-9-6-5-7-10-12/h5-7,9-10,13-16H,2-4H2,1H3. The Hall–Kier alpha value is -1.30. The maximum atomic E-state index is 9.79. The first kappa shape index (κ1) is 12.8. The van der Waals surface area contributed by atoms with Crippen LogP contribution in [-0.2, 0) is 0 Å². The maximum absolute atomic E-state index is 9.79. The van der Waals surface area contributed by atoms with E-state index in [4.69, 9.17) is 0 Å². The Bertz CT molecular complexity index is 348. The number of hydrogen-bond donors (Lipinski definition) is 2. The van der Waals surface area contributed by atoms with Gasteiger partial charge in [0.2, 0.25) is 0 Å². The Kier molecular flexibility index (Phi) is 5.63. The Morgan fingerprint density at radius 2 is 1.88 bits per heavy atom. The van der Waals surface area contributed by atoms with Crippen LogP contribution in [-0.4, -0.2) is 16.3 Å². The van der Waals surface area contributed by atoms with Crippen LogP contribution < -0.4 is 0 Å². The first-order valence-corrected chi connectivity index (χ1v) is 5.65. The molecule has 2 atom stereocenters. The van der Waals surface area contributed by atoms with Gasteiger partial charge in [-0.2, -0.15) is 0 Å². The van der Waals surface area contributed by atoms with Crippen LogP contribution in [0.2, 0.25) is 0 Å². The highest BCUT2D eigenvalue weighted by molar-refractivity contribution is 5.21. The zero-order valence-electron chi connectivity index (χ0n) is 9.56. The average Bonchev–Trinajstić information content (AvgIpc) is 2.34. The maximum Gasteiger partial charge on any atom is 0.144 e. The van der Waals surface area contributed by atoms with Gasteiger partial charge in [-0.05, 0) is 12.0 Å². The van der Waals surface area contributed by atoms with E-state index in [0.717, 1.165) is 19.3 Å². The third-order valence-electron chi connectivity index (χ3n) is 2.35. The normalized spacial score (nSPS) is 13.7. The monoisotopic (exact) mass is 218 g/mol. The lowest BCUT2D eigenvalue weighted by atomic mass is 10.0. The molecule has 0 aromatic heterocycles. The van der Waals surface area contributed by atoms with Crippen LogP contribution in [0.4, 0.5) is 0 Å². The van der Waals surface area contributed by atoms with Crippen LogP contribution >= 0.6 is 0 Å².